The smallest absolute Gasteiger partial charge is 0.255 e. The summed E-state index contributed by atoms with van der Waals surface area (Å²) in [5, 5.41) is 10.2. The number of pyridine rings is 1. The first kappa shape index (κ1) is 16.8. The minimum Gasteiger partial charge on any atom is -0.337 e. The number of aryl methyl sites for hydroxylation is 2. The van der Waals surface area contributed by atoms with E-state index in [0.29, 0.717) is 12.1 Å². The Labute approximate surface area is 144 Å². The van der Waals surface area contributed by atoms with E-state index in [2.05, 4.69) is 15.1 Å². The van der Waals surface area contributed by atoms with Gasteiger partial charge in [-0.2, -0.15) is 0 Å². The minimum atomic E-state index is -0.110. The molecule has 1 saturated heterocycles. The van der Waals surface area contributed by atoms with Gasteiger partial charge >= 0.3 is 0 Å². The maximum atomic E-state index is 12.7. The van der Waals surface area contributed by atoms with Crippen LogP contribution in [0.15, 0.2) is 23.1 Å². The van der Waals surface area contributed by atoms with E-state index in [1.54, 1.807) is 30.6 Å². The number of rotatable bonds is 3. The summed E-state index contributed by atoms with van der Waals surface area (Å²) in [6.45, 7) is 5.91. The van der Waals surface area contributed by atoms with Gasteiger partial charge in [0.15, 0.2) is 0 Å². The van der Waals surface area contributed by atoms with Crippen molar-refractivity contribution in [3.8, 4) is 0 Å². The molecule has 3 heterocycles. The average Bonchev–Trinajstić information content (AvgIpc) is 2.82. The number of hydrogen-bond acceptors (Lipinski definition) is 6. The molecule has 0 spiro atoms. The summed E-state index contributed by atoms with van der Waals surface area (Å²) in [5.74, 6) is -0.0146. The third-order valence-electron chi connectivity index (χ3n) is 4.14. The zero-order valence-electron chi connectivity index (χ0n) is 13.9. The van der Waals surface area contributed by atoms with Gasteiger partial charge in [-0.05, 0) is 19.4 Å². The molecule has 0 bridgehead atoms. The average molecular weight is 347 g/mol. The van der Waals surface area contributed by atoms with Gasteiger partial charge in [0.25, 0.3) is 5.91 Å². The van der Waals surface area contributed by atoms with Crippen molar-refractivity contribution < 1.29 is 4.79 Å². The highest BCUT2D eigenvalue weighted by atomic mass is 32.1. The first-order valence-electron chi connectivity index (χ1n) is 8.00. The molecule has 128 valence electrons. The molecular formula is C16H21N5O2S. The highest BCUT2D eigenvalue weighted by molar-refractivity contribution is 7.11. The number of aromatic nitrogens is 3. The van der Waals surface area contributed by atoms with E-state index in [9.17, 15) is 9.59 Å². The molecule has 1 fully saturated rings. The molecule has 2 aromatic heterocycles. The van der Waals surface area contributed by atoms with Crippen LogP contribution in [0.3, 0.4) is 0 Å². The zero-order chi connectivity index (χ0) is 17.1. The van der Waals surface area contributed by atoms with Crippen molar-refractivity contribution in [3.05, 3.63) is 44.3 Å². The molecule has 2 aromatic rings. The number of carbonyl (C=O) groups excluding carboxylic acids is 1. The van der Waals surface area contributed by atoms with Gasteiger partial charge in [0.1, 0.15) is 10.0 Å². The summed E-state index contributed by atoms with van der Waals surface area (Å²) in [4.78, 5) is 28.3. The van der Waals surface area contributed by atoms with Crippen LogP contribution in [0.25, 0.3) is 0 Å². The fourth-order valence-electron chi connectivity index (χ4n) is 2.83. The second-order valence-corrected chi connectivity index (χ2v) is 7.27. The summed E-state index contributed by atoms with van der Waals surface area (Å²) in [6.07, 6.45) is 2.53. The molecule has 0 saturated carbocycles. The van der Waals surface area contributed by atoms with E-state index in [-0.39, 0.29) is 11.5 Å². The Balaban J connectivity index is 1.63. The van der Waals surface area contributed by atoms with Crippen LogP contribution in [-0.2, 0) is 13.6 Å². The maximum Gasteiger partial charge on any atom is 0.255 e. The van der Waals surface area contributed by atoms with Gasteiger partial charge in [0.2, 0.25) is 5.56 Å². The second kappa shape index (κ2) is 7.23. The molecule has 7 nitrogen and oxygen atoms in total. The van der Waals surface area contributed by atoms with E-state index in [0.717, 1.165) is 42.6 Å². The maximum absolute atomic E-state index is 12.7. The molecule has 1 aliphatic heterocycles. The van der Waals surface area contributed by atoms with Crippen molar-refractivity contribution in [2.24, 2.45) is 7.05 Å². The lowest BCUT2D eigenvalue weighted by Gasteiger charge is -2.21. The summed E-state index contributed by atoms with van der Waals surface area (Å²) >= 11 is 1.62. The fraction of sp³-hybridized carbons (Fsp3) is 0.500. The molecule has 3 rings (SSSR count). The molecule has 0 radical (unpaired) electrons. The van der Waals surface area contributed by atoms with E-state index in [4.69, 9.17) is 0 Å². The van der Waals surface area contributed by atoms with E-state index in [1.165, 1.54) is 10.6 Å². The first-order valence-corrected chi connectivity index (χ1v) is 8.82. The van der Waals surface area contributed by atoms with Crippen LogP contribution >= 0.6 is 11.3 Å². The predicted octanol–water partition coefficient (Wildman–Crippen LogP) is 0.893. The molecule has 24 heavy (non-hydrogen) atoms. The summed E-state index contributed by atoms with van der Waals surface area (Å²) < 4.78 is 1.44. The van der Waals surface area contributed by atoms with Crippen LogP contribution in [0.5, 0.6) is 0 Å². The van der Waals surface area contributed by atoms with Crippen LogP contribution < -0.4 is 5.56 Å². The Hall–Kier alpha value is -2.06. The van der Waals surface area contributed by atoms with Gasteiger partial charge < -0.3 is 9.47 Å². The normalized spacial score (nSPS) is 16.2. The summed E-state index contributed by atoms with van der Waals surface area (Å²) in [7, 11) is 1.66. The van der Waals surface area contributed by atoms with Gasteiger partial charge in [-0.1, -0.05) is 0 Å². The molecule has 0 unspecified atom stereocenters. The lowest BCUT2D eigenvalue weighted by Crippen LogP contribution is -2.35. The van der Waals surface area contributed by atoms with Gasteiger partial charge in [0.05, 0.1) is 12.1 Å². The molecule has 1 aliphatic rings. The number of amides is 1. The molecule has 8 heteroatoms. The van der Waals surface area contributed by atoms with Crippen molar-refractivity contribution in [2.45, 2.75) is 19.9 Å². The van der Waals surface area contributed by atoms with E-state index in [1.807, 2.05) is 11.8 Å². The van der Waals surface area contributed by atoms with Crippen LogP contribution in [-0.4, -0.2) is 56.7 Å². The van der Waals surface area contributed by atoms with Crippen LogP contribution in [0, 0.1) is 6.92 Å². The van der Waals surface area contributed by atoms with Crippen molar-refractivity contribution in [2.75, 3.05) is 26.2 Å². The molecular weight excluding hydrogens is 326 g/mol. The third-order valence-corrected chi connectivity index (χ3v) is 4.96. The topological polar surface area (TPSA) is 71.3 Å². The molecule has 0 atom stereocenters. The second-order valence-electron chi connectivity index (χ2n) is 6.00. The minimum absolute atomic E-state index is 0.0146. The SMILES string of the molecule is Cc1nnc(CN2CCCN(C(=O)c3ccc(=O)n(C)c3)CC2)s1. The van der Waals surface area contributed by atoms with Crippen molar-refractivity contribution in [3.63, 3.8) is 0 Å². The Morgan fingerprint density at radius 1 is 1.21 bits per heavy atom. The Morgan fingerprint density at radius 3 is 2.75 bits per heavy atom. The van der Waals surface area contributed by atoms with Crippen LogP contribution in [0.1, 0.15) is 26.8 Å². The van der Waals surface area contributed by atoms with Gasteiger partial charge in [-0.3, -0.25) is 14.5 Å². The fourth-order valence-corrected chi connectivity index (χ4v) is 3.58. The predicted molar refractivity (Wildman–Crippen MR) is 92.1 cm³/mol. The lowest BCUT2D eigenvalue weighted by molar-refractivity contribution is 0.0760. The number of hydrogen-bond donors (Lipinski definition) is 0. The Bertz CT molecular complexity index is 785. The Morgan fingerprint density at radius 2 is 2.04 bits per heavy atom. The largest absolute Gasteiger partial charge is 0.337 e. The van der Waals surface area contributed by atoms with Gasteiger partial charge in [-0.15, -0.1) is 21.5 Å². The highest BCUT2D eigenvalue weighted by Crippen LogP contribution is 2.14. The molecule has 0 aromatic carbocycles. The van der Waals surface area contributed by atoms with Gasteiger partial charge in [0, 0.05) is 45.5 Å². The van der Waals surface area contributed by atoms with Gasteiger partial charge in [-0.25, -0.2) is 0 Å². The highest BCUT2D eigenvalue weighted by Gasteiger charge is 2.21. The summed E-state index contributed by atoms with van der Waals surface area (Å²) in [6, 6.07) is 3.05. The third kappa shape index (κ3) is 3.88. The molecule has 1 amide bonds. The van der Waals surface area contributed by atoms with E-state index < -0.39 is 0 Å². The van der Waals surface area contributed by atoms with Crippen molar-refractivity contribution in [1.82, 2.24) is 24.6 Å². The van der Waals surface area contributed by atoms with Crippen LogP contribution in [0.4, 0.5) is 0 Å². The monoisotopic (exact) mass is 347 g/mol. The zero-order valence-corrected chi connectivity index (χ0v) is 14.8. The number of carbonyl (C=O) groups is 1. The standard InChI is InChI=1S/C16H21N5O2S/c1-12-17-18-14(24-12)11-20-6-3-7-21(9-8-20)16(23)13-4-5-15(22)19(2)10-13/h4-5,10H,3,6-9,11H2,1-2H3. The molecule has 0 N–H and O–H groups in total. The van der Waals surface area contributed by atoms with Crippen molar-refractivity contribution in [1.29, 1.82) is 0 Å². The Kier molecular flexibility index (Phi) is 5.06. The summed E-state index contributed by atoms with van der Waals surface area (Å²) in [5.41, 5.74) is 0.450. The number of nitrogens with zero attached hydrogens (tertiary/aromatic N) is 5. The van der Waals surface area contributed by atoms with Crippen LogP contribution in [0.2, 0.25) is 0 Å². The quantitative estimate of drug-likeness (QED) is 0.825. The van der Waals surface area contributed by atoms with E-state index >= 15 is 0 Å². The van der Waals surface area contributed by atoms with Crippen molar-refractivity contribution >= 4 is 17.2 Å². The first-order chi connectivity index (χ1) is 11.5. The molecule has 0 aliphatic carbocycles. The lowest BCUT2D eigenvalue weighted by atomic mass is 10.2.